The molecule has 1 aliphatic carbocycles. The Labute approximate surface area is 142 Å². The number of nitrogens with two attached hydrogens (primary N) is 1. The SMILES string of the molecule is CN(C)[C@@H]1CCc2ccccc2[C@@H]1O.Nc1ccc(C(=O)O)cc1. The maximum Gasteiger partial charge on any atom is 0.335 e. The molecule has 0 saturated heterocycles. The molecule has 0 unspecified atom stereocenters. The number of hydrogen-bond donors (Lipinski definition) is 3. The minimum Gasteiger partial charge on any atom is -0.478 e. The van der Waals surface area contributed by atoms with E-state index in [-0.39, 0.29) is 17.7 Å². The molecule has 0 spiro atoms. The van der Waals surface area contributed by atoms with E-state index in [0.29, 0.717) is 5.69 Å². The number of nitrogen functional groups attached to an aromatic ring is 1. The molecule has 0 amide bonds. The van der Waals surface area contributed by atoms with Gasteiger partial charge in [-0.25, -0.2) is 4.79 Å². The molecule has 2 atom stereocenters. The Hall–Kier alpha value is -2.37. The summed E-state index contributed by atoms with van der Waals surface area (Å²) in [6, 6.07) is 14.5. The third kappa shape index (κ3) is 4.34. The maximum absolute atomic E-state index is 10.3. The van der Waals surface area contributed by atoms with Crippen LogP contribution in [-0.2, 0) is 6.42 Å². The number of benzene rings is 2. The van der Waals surface area contributed by atoms with Crippen LogP contribution in [0.4, 0.5) is 5.69 Å². The number of carboxylic acids is 1. The van der Waals surface area contributed by atoms with E-state index in [1.165, 1.54) is 17.7 Å². The van der Waals surface area contributed by atoms with Crippen LogP contribution < -0.4 is 5.73 Å². The van der Waals surface area contributed by atoms with Crippen molar-refractivity contribution < 1.29 is 15.0 Å². The van der Waals surface area contributed by atoms with Gasteiger partial charge in [-0.1, -0.05) is 24.3 Å². The fraction of sp³-hybridized carbons (Fsp3) is 0.316. The van der Waals surface area contributed by atoms with Crippen molar-refractivity contribution in [3.63, 3.8) is 0 Å². The molecule has 24 heavy (non-hydrogen) atoms. The normalized spacial score (nSPS) is 19.2. The van der Waals surface area contributed by atoms with Gasteiger partial charge in [0.1, 0.15) is 0 Å². The summed E-state index contributed by atoms with van der Waals surface area (Å²) in [5, 5.41) is 18.6. The summed E-state index contributed by atoms with van der Waals surface area (Å²) >= 11 is 0. The van der Waals surface area contributed by atoms with Gasteiger partial charge in [-0.2, -0.15) is 0 Å². The van der Waals surface area contributed by atoms with Crippen LogP contribution in [0.2, 0.25) is 0 Å². The van der Waals surface area contributed by atoms with E-state index in [1.54, 1.807) is 12.1 Å². The molecular weight excluding hydrogens is 304 g/mol. The third-order valence-electron chi connectivity index (χ3n) is 4.27. The Morgan fingerprint density at radius 1 is 1.12 bits per heavy atom. The Morgan fingerprint density at radius 2 is 1.75 bits per heavy atom. The van der Waals surface area contributed by atoms with Gasteiger partial charge < -0.3 is 20.8 Å². The van der Waals surface area contributed by atoms with E-state index in [0.717, 1.165) is 18.4 Å². The third-order valence-corrected chi connectivity index (χ3v) is 4.27. The molecule has 5 nitrogen and oxygen atoms in total. The predicted octanol–water partition coefficient (Wildman–Crippen LogP) is 2.56. The molecule has 0 bridgehead atoms. The van der Waals surface area contributed by atoms with E-state index in [2.05, 4.69) is 11.0 Å². The molecule has 0 aromatic heterocycles. The lowest BCUT2D eigenvalue weighted by Gasteiger charge is -2.34. The molecule has 1 aliphatic rings. The molecule has 0 saturated carbocycles. The molecule has 0 radical (unpaired) electrons. The fourth-order valence-corrected chi connectivity index (χ4v) is 2.89. The molecule has 0 fully saturated rings. The Balaban J connectivity index is 0.000000185. The highest BCUT2D eigenvalue weighted by Gasteiger charge is 2.28. The molecule has 128 valence electrons. The smallest absolute Gasteiger partial charge is 0.335 e. The molecule has 5 heteroatoms. The van der Waals surface area contributed by atoms with Crippen molar-refractivity contribution in [3.8, 4) is 0 Å². The number of carbonyl (C=O) groups is 1. The molecule has 2 aromatic carbocycles. The van der Waals surface area contributed by atoms with Gasteiger partial charge in [0, 0.05) is 11.7 Å². The molecule has 0 heterocycles. The van der Waals surface area contributed by atoms with E-state index >= 15 is 0 Å². The van der Waals surface area contributed by atoms with Gasteiger partial charge in [0.05, 0.1) is 11.7 Å². The summed E-state index contributed by atoms with van der Waals surface area (Å²) in [6.45, 7) is 0. The number of aliphatic hydroxyl groups is 1. The van der Waals surface area contributed by atoms with Crippen LogP contribution in [-0.4, -0.2) is 41.2 Å². The van der Waals surface area contributed by atoms with Crippen LogP contribution in [0.15, 0.2) is 48.5 Å². The quantitative estimate of drug-likeness (QED) is 0.738. The van der Waals surface area contributed by atoms with E-state index in [9.17, 15) is 9.90 Å². The highest BCUT2D eigenvalue weighted by Crippen LogP contribution is 2.31. The van der Waals surface area contributed by atoms with Crippen LogP contribution in [0, 0.1) is 0 Å². The van der Waals surface area contributed by atoms with Crippen molar-refractivity contribution in [2.45, 2.75) is 25.0 Å². The number of anilines is 1. The summed E-state index contributed by atoms with van der Waals surface area (Å²) in [5.41, 5.74) is 8.58. The van der Waals surface area contributed by atoms with Gasteiger partial charge in [0.25, 0.3) is 0 Å². The standard InChI is InChI=1S/C12H17NO.C7H7NO2/c1-13(2)11-8-7-9-5-3-4-6-10(9)12(11)14;8-6-3-1-5(2-4-6)7(9)10/h3-6,11-12,14H,7-8H2,1-2H3;1-4H,8H2,(H,9,10)/t11-,12+;/m1./s1. The van der Waals surface area contributed by atoms with Crippen LogP contribution in [0.3, 0.4) is 0 Å². The number of nitrogens with zero attached hydrogens (tertiary/aromatic N) is 1. The van der Waals surface area contributed by atoms with Crippen molar-refractivity contribution in [2.75, 3.05) is 19.8 Å². The van der Waals surface area contributed by atoms with Crippen LogP contribution >= 0.6 is 0 Å². The predicted molar refractivity (Wildman–Crippen MR) is 95.0 cm³/mol. The summed E-state index contributed by atoms with van der Waals surface area (Å²) in [6.07, 6.45) is 1.80. The van der Waals surface area contributed by atoms with E-state index in [4.69, 9.17) is 10.8 Å². The van der Waals surface area contributed by atoms with Crippen molar-refractivity contribution in [1.29, 1.82) is 0 Å². The average molecular weight is 328 g/mol. The Morgan fingerprint density at radius 3 is 2.33 bits per heavy atom. The first kappa shape index (κ1) is 18.0. The van der Waals surface area contributed by atoms with Crippen molar-refractivity contribution in [1.82, 2.24) is 4.90 Å². The minimum absolute atomic E-state index is 0.259. The van der Waals surface area contributed by atoms with Crippen LogP contribution in [0.1, 0.15) is 34.0 Å². The van der Waals surface area contributed by atoms with Gasteiger partial charge in [0.2, 0.25) is 0 Å². The molecule has 2 aromatic rings. The number of carboxylic acid groups (broad SMARTS) is 1. The van der Waals surface area contributed by atoms with Crippen molar-refractivity contribution in [3.05, 3.63) is 65.2 Å². The summed E-state index contributed by atoms with van der Waals surface area (Å²) in [4.78, 5) is 12.4. The molecular formula is C19H24N2O3. The zero-order valence-electron chi connectivity index (χ0n) is 14.0. The largest absolute Gasteiger partial charge is 0.478 e. The Kier molecular flexibility index (Phi) is 5.95. The second kappa shape index (κ2) is 7.95. The van der Waals surface area contributed by atoms with Gasteiger partial charge in [-0.05, 0) is 62.3 Å². The molecule has 4 N–H and O–H groups in total. The number of rotatable bonds is 2. The lowest BCUT2D eigenvalue weighted by atomic mass is 9.85. The lowest BCUT2D eigenvalue weighted by molar-refractivity contribution is 0.0628. The first-order valence-electron chi connectivity index (χ1n) is 7.91. The fourth-order valence-electron chi connectivity index (χ4n) is 2.89. The van der Waals surface area contributed by atoms with Crippen LogP contribution in [0.25, 0.3) is 0 Å². The van der Waals surface area contributed by atoms with Gasteiger partial charge in [-0.3, -0.25) is 0 Å². The second-order valence-electron chi connectivity index (χ2n) is 6.14. The zero-order valence-corrected chi connectivity index (χ0v) is 14.0. The van der Waals surface area contributed by atoms with Crippen molar-refractivity contribution >= 4 is 11.7 Å². The van der Waals surface area contributed by atoms with Gasteiger partial charge in [-0.15, -0.1) is 0 Å². The number of aryl methyl sites for hydroxylation is 1. The monoisotopic (exact) mass is 328 g/mol. The topological polar surface area (TPSA) is 86.8 Å². The van der Waals surface area contributed by atoms with E-state index < -0.39 is 5.97 Å². The first-order valence-corrected chi connectivity index (χ1v) is 7.91. The van der Waals surface area contributed by atoms with E-state index in [1.807, 2.05) is 32.3 Å². The van der Waals surface area contributed by atoms with Gasteiger partial charge >= 0.3 is 5.97 Å². The van der Waals surface area contributed by atoms with Gasteiger partial charge in [0.15, 0.2) is 0 Å². The average Bonchev–Trinajstić information content (AvgIpc) is 2.56. The summed E-state index contributed by atoms with van der Waals surface area (Å²) in [5.74, 6) is -0.931. The maximum atomic E-state index is 10.3. The van der Waals surface area contributed by atoms with Crippen molar-refractivity contribution in [2.24, 2.45) is 0 Å². The minimum atomic E-state index is -0.931. The lowest BCUT2D eigenvalue weighted by Crippen LogP contribution is -2.37. The molecule has 0 aliphatic heterocycles. The number of fused-ring (bicyclic) bond motifs is 1. The summed E-state index contributed by atoms with van der Waals surface area (Å²) < 4.78 is 0. The number of likely N-dealkylation sites (N-methyl/N-ethyl adjacent to an activating group) is 1. The summed E-state index contributed by atoms with van der Waals surface area (Å²) in [7, 11) is 4.06. The van der Waals surface area contributed by atoms with Crippen LogP contribution in [0.5, 0.6) is 0 Å². The second-order valence-corrected chi connectivity index (χ2v) is 6.14. The highest BCUT2D eigenvalue weighted by atomic mass is 16.4. The number of aliphatic hydroxyl groups excluding tert-OH is 1. The Bertz CT molecular complexity index is 683. The highest BCUT2D eigenvalue weighted by molar-refractivity contribution is 5.87. The zero-order chi connectivity index (χ0) is 17.7. The first-order chi connectivity index (χ1) is 11.4. The number of hydrogen-bond acceptors (Lipinski definition) is 4. The number of aromatic carboxylic acids is 1. The molecule has 3 rings (SSSR count).